The number of rotatable bonds is 2. The van der Waals surface area contributed by atoms with Crippen LogP contribution in [0.25, 0.3) is 0 Å². The zero-order valence-corrected chi connectivity index (χ0v) is 9.71. The van der Waals surface area contributed by atoms with E-state index in [-0.39, 0.29) is 30.6 Å². The molecule has 5 heteroatoms. The van der Waals surface area contributed by atoms with Gasteiger partial charge >= 0.3 is 0 Å². The highest BCUT2D eigenvalue weighted by Gasteiger charge is 2.31. The maximum atomic E-state index is 11.3. The Labute approximate surface area is 100 Å². The fourth-order valence-electron chi connectivity index (χ4n) is 2.43. The Bertz CT molecular complexity index is 305. The van der Waals surface area contributed by atoms with Crippen molar-refractivity contribution in [3.8, 4) is 0 Å². The normalized spacial score (nSPS) is 38.6. The van der Waals surface area contributed by atoms with E-state index in [1.807, 2.05) is 6.08 Å². The summed E-state index contributed by atoms with van der Waals surface area (Å²) in [5.74, 6) is -0.119. The molecule has 0 spiro atoms. The van der Waals surface area contributed by atoms with Crippen LogP contribution in [0, 0.1) is 5.92 Å². The topological polar surface area (TPSA) is 78.8 Å². The fourth-order valence-corrected chi connectivity index (χ4v) is 2.43. The minimum Gasteiger partial charge on any atom is -0.394 e. The molecular formula is C12H19NO4. The lowest BCUT2D eigenvalue weighted by molar-refractivity contribution is -0.119. The quantitative estimate of drug-likeness (QED) is 0.632. The molecule has 2 aliphatic heterocycles. The van der Waals surface area contributed by atoms with Gasteiger partial charge in [0.25, 0.3) is 0 Å². The van der Waals surface area contributed by atoms with Gasteiger partial charge in [0, 0.05) is 5.92 Å². The first-order valence-corrected chi connectivity index (χ1v) is 6.12. The van der Waals surface area contributed by atoms with Crippen molar-refractivity contribution in [2.75, 3.05) is 6.61 Å². The molecule has 4 atom stereocenters. The molecule has 0 aliphatic carbocycles. The van der Waals surface area contributed by atoms with E-state index in [1.54, 1.807) is 0 Å². The molecule has 0 aromatic heterocycles. The number of ether oxygens (including phenoxy) is 1. The standard InChI is InChI=1S/C12H19NO4/c14-7-9-3-4-10(17-9)8-1-5-11(15)13-12(16)6-2-8/h1,5,8-10,12,14,16H,2-4,6-7H2,(H,13,15). The predicted molar refractivity (Wildman–Crippen MR) is 61.0 cm³/mol. The first-order chi connectivity index (χ1) is 8.19. The van der Waals surface area contributed by atoms with E-state index in [1.165, 1.54) is 6.08 Å². The van der Waals surface area contributed by atoms with Gasteiger partial charge in [0.15, 0.2) is 0 Å². The van der Waals surface area contributed by atoms with Gasteiger partial charge in [-0.2, -0.15) is 0 Å². The monoisotopic (exact) mass is 241 g/mol. The molecule has 0 saturated carbocycles. The predicted octanol–water partition coefficient (Wildman–Crippen LogP) is -0.0729. The molecule has 5 nitrogen and oxygen atoms in total. The lowest BCUT2D eigenvalue weighted by atomic mass is 9.93. The number of hydrogen-bond donors (Lipinski definition) is 3. The Morgan fingerprint density at radius 1 is 1.35 bits per heavy atom. The number of carbonyl (C=O) groups is 1. The smallest absolute Gasteiger partial charge is 0.245 e. The number of aliphatic hydroxyl groups is 2. The number of aliphatic hydroxyl groups excluding tert-OH is 2. The Balaban J connectivity index is 1.97. The SMILES string of the molecule is O=C1C=CC(C2CCC(CO)O2)CCC(O)N1. The van der Waals surface area contributed by atoms with E-state index in [0.29, 0.717) is 6.42 Å². The van der Waals surface area contributed by atoms with Gasteiger partial charge in [-0.05, 0) is 31.8 Å². The summed E-state index contributed by atoms with van der Waals surface area (Å²) in [6.45, 7) is 0.0516. The highest BCUT2D eigenvalue weighted by atomic mass is 16.5. The van der Waals surface area contributed by atoms with Gasteiger partial charge in [0.1, 0.15) is 6.23 Å². The van der Waals surface area contributed by atoms with Crippen molar-refractivity contribution in [1.29, 1.82) is 0 Å². The van der Waals surface area contributed by atoms with Gasteiger partial charge in [-0.25, -0.2) is 0 Å². The first-order valence-electron chi connectivity index (χ1n) is 6.12. The molecule has 17 heavy (non-hydrogen) atoms. The van der Waals surface area contributed by atoms with Crippen molar-refractivity contribution < 1.29 is 19.7 Å². The van der Waals surface area contributed by atoms with Gasteiger partial charge in [0.05, 0.1) is 18.8 Å². The largest absolute Gasteiger partial charge is 0.394 e. The molecule has 1 fully saturated rings. The second kappa shape index (κ2) is 5.62. The molecule has 1 amide bonds. The van der Waals surface area contributed by atoms with E-state index in [9.17, 15) is 9.90 Å². The van der Waals surface area contributed by atoms with Gasteiger partial charge in [-0.15, -0.1) is 0 Å². The molecule has 1 saturated heterocycles. The van der Waals surface area contributed by atoms with E-state index in [2.05, 4.69) is 5.32 Å². The highest BCUT2D eigenvalue weighted by molar-refractivity contribution is 5.87. The van der Waals surface area contributed by atoms with E-state index >= 15 is 0 Å². The van der Waals surface area contributed by atoms with Crippen LogP contribution in [0.4, 0.5) is 0 Å². The third-order valence-electron chi connectivity index (χ3n) is 3.40. The Morgan fingerprint density at radius 3 is 2.88 bits per heavy atom. The van der Waals surface area contributed by atoms with Crippen LogP contribution >= 0.6 is 0 Å². The maximum Gasteiger partial charge on any atom is 0.245 e. The van der Waals surface area contributed by atoms with Gasteiger partial charge in [-0.1, -0.05) is 6.08 Å². The van der Waals surface area contributed by atoms with Crippen molar-refractivity contribution in [3.05, 3.63) is 12.2 Å². The second-order valence-electron chi connectivity index (χ2n) is 4.68. The van der Waals surface area contributed by atoms with E-state index < -0.39 is 6.23 Å². The summed E-state index contributed by atoms with van der Waals surface area (Å²) in [4.78, 5) is 11.3. The van der Waals surface area contributed by atoms with Crippen molar-refractivity contribution in [2.45, 2.75) is 44.1 Å². The summed E-state index contributed by atoms with van der Waals surface area (Å²) in [6.07, 6.45) is 5.60. The van der Waals surface area contributed by atoms with Crippen LogP contribution in [0.5, 0.6) is 0 Å². The average molecular weight is 241 g/mol. The van der Waals surface area contributed by atoms with Crippen molar-refractivity contribution in [2.24, 2.45) is 5.92 Å². The molecule has 0 aromatic carbocycles. The molecule has 0 radical (unpaired) electrons. The Morgan fingerprint density at radius 2 is 2.18 bits per heavy atom. The maximum absolute atomic E-state index is 11.3. The van der Waals surface area contributed by atoms with Gasteiger partial charge < -0.3 is 20.3 Å². The van der Waals surface area contributed by atoms with Crippen molar-refractivity contribution >= 4 is 5.91 Å². The number of nitrogens with one attached hydrogen (secondary N) is 1. The number of carbonyl (C=O) groups excluding carboxylic acids is 1. The summed E-state index contributed by atoms with van der Waals surface area (Å²) >= 11 is 0. The molecule has 3 N–H and O–H groups in total. The Hall–Kier alpha value is -0.910. The van der Waals surface area contributed by atoms with Crippen LogP contribution in [0.3, 0.4) is 0 Å². The molecule has 96 valence electrons. The molecule has 2 aliphatic rings. The zero-order valence-electron chi connectivity index (χ0n) is 9.71. The second-order valence-corrected chi connectivity index (χ2v) is 4.68. The molecule has 4 unspecified atom stereocenters. The summed E-state index contributed by atoms with van der Waals surface area (Å²) in [5.41, 5.74) is 0. The van der Waals surface area contributed by atoms with Crippen LogP contribution in [-0.2, 0) is 9.53 Å². The molecule has 2 heterocycles. The zero-order chi connectivity index (χ0) is 12.3. The lowest BCUT2D eigenvalue weighted by Gasteiger charge is -2.24. The van der Waals surface area contributed by atoms with Gasteiger partial charge in [-0.3, -0.25) is 4.79 Å². The minimum atomic E-state index is -0.773. The van der Waals surface area contributed by atoms with E-state index in [4.69, 9.17) is 9.84 Å². The van der Waals surface area contributed by atoms with Crippen molar-refractivity contribution in [1.82, 2.24) is 5.32 Å². The van der Waals surface area contributed by atoms with Crippen LogP contribution in [-0.4, -0.2) is 41.2 Å². The third-order valence-corrected chi connectivity index (χ3v) is 3.40. The van der Waals surface area contributed by atoms with Crippen LogP contribution in [0.1, 0.15) is 25.7 Å². The first kappa shape index (κ1) is 12.5. The van der Waals surface area contributed by atoms with Gasteiger partial charge in [0.2, 0.25) is 5.91 Å². The number of amides is 1. The molecular weight excluding hydrogens is 222 g/mol. The van der Waals surface area contributed by atoms with Crippen LogP contribution < -0.4 is 5.32 Å². The third kappa shape index (κ3) is 3.28. The van der Waals surface area contributed by atoms with Crippen LogP contribution in [0.15, 0.2) is 12.2 Å². The molecule has 0 bridgehead atoms. The minimum absolute atomic E-state index is 0.0516. The summed E-state index contributed by atoms with van der Waals surface area (Å²) < 4.78 is 5.70. The molecule has 0 aromatic rings. The fraction of sp³-hybridized carbons (Fsp3) is 0.750. The lowest BCUT2D eigenvalue weighted by Crippen LogP contribution is -2.36. The van der Waals surface area contributed by atoms with Crippen LogP contribution in [0.2, 0.25) is 0 Å². The molecule has 2 rings (SSSR count). The van der Waals surface area contributed by atoms with E-state index in [0.717, 1.165) is 19.3 Å². The average Bonchev–Trinajstić information content (AvgIpc) is 2.75. The Kier molecular flexibility index (Phi) is 4.15. The summed E-state index contributed by atoms with van der Waals surface area (Å²) in [7, 11) is 0. The summed E-state index contributed by atoms with van der Waals surface area (Å²) in [6, 6.07) is 0. The highest BCUT2D eigenvalue weighted by Crippen LogP contribution is 2.29. The van der Waals surface area contributed by atoms with Crippen molar-refractivity contribution in [3.63, 3.8) is 0 Å². The number of hydrogen-bond acceptors (Lipinski definition) is 4. The summed E-state index contributed by atoms with van der Waals surface area (Å²) in [5, 5.41) is 21.0.